The zero-order valence-corrected chi connectivity index (χ0v) is 12.5. The van der Waals surface area contributed by atoms with E-state index in [0.29, 0.717) is 11.8 Å². The fraction of sp³-hybridized carbons (Fsp3) is 0.938. The molecule has 0 heterocycles. The van der Waals surface area contributed by atoms with E-state index < -0.39 is 0 Å². The second kappa shape index (κ2) is 6.74. The van der Waals surface area contributed by atoms with Gasteiger partial charge in [-0.1, -0.05) is 33.1 Å². The van der Waals surface area contributed by atoms with Gasteiger partial charge >= 0.3 is 0 Å². The number of carbonyl (C=O) groups excluding carboxylic acids is 1. The zero-order valence-electron chi connectivity index (χ0n) is 12.5. The summed E-state index contributed by atoms with van der Waals surface area (Å²) < 4.78 is 0. The lowest BCUT2D eigenvalue weighted by molar-refractivity contribution is -0.126. The van der Waals surface area contributed by atoms with E-state index in [9.17, 15) is 4.79 Å². The minimum atomic E-state index is 0.157. The molecule has 2 aliphatic carbocycles. The number of rotatable bonds is 3. The molecule has 3 heteroatoms. The van der Waals surface area contributed by atoms with Crippen LogP contribution in [0.3, 0.4) is 0 Å². The summed E-state index contributed by atoms with van der Waals surface area (Å²) in [5, 5.41) is 3.19. The summed E-state index contributed by atoms with van der Waals surface area (Å²) in [6, 6.07) is 0.207. The Bertz CT molecular complexity index is 305. The molecule has 0 radical (unpaired) electrons. The predicted molar refractivity (Wildman–Crippen MR) is 78.6 cm³/mol. The molecule has 2 rings (SSSR count). The third kappa shape index (κ3) is 3.95. The summed E-state index contributed by atoms with van der Waals surface area (Å²) in [7, 11) is 0. The van der Waals surface area contributed by atoms with E-state index in [1.807, 2.05) is 0 Å². The van der Waals surface area contributed by atoms with Crippen LogP contribution in [-0.2, 0) is 4.79 Å². The summed E-state index contributed by atoms with van der Waals surface area (Å²) in [6.45, 7) is 5.40. The van der Waals surface area contributed by atoms with E-state index >= 15 is 0 Å². The van der Waals surface area contributed by atoms with Gasteiger partial charge in [-0.05, 0) is 43.4 Å². The Morgan fingerprint density at radius 3 is 2.53 bits per heavy atom. The summed E-state index contributed by atoms with van der Waals surface area (Å²) >= 11 is 0. The Hall–Kier alpha value is -0.570. The second-order valence-electron chi connectivity index (χ2n) is 6.92. The third-order valence-electron chi connectivity index (χ3n) is 5.46. The molecule has 5 atom stereocenters. The van der Waals surface area contributed by atoms with Crippen molar-refractivity contribution in [1.82, 2.24) is 5.32 Å². The molecule has 19 heavy (non-hydrogen) atoms. The molecule has 2 aliphatic rings. The number of hydrogen-bond acceptors (Lipinski definition) is 2. The van der Waals surface area contributed by atoms with Crippen LogP contribution in [0.2, 0.25) is 0 Å². The number of hydrogen-bond donors (Lipinski definition) is 2. The van der Waals surface area contributed by atoms with Gasteiger partial charge in [0.05, 0.1) is 0 Å². The maximum absolute atomic E-state index is 12.2. The minimum Gasteiger partial charge on any atom is -0.356 e. The zero-order chi connectivity index (χ0) is 13.8. The summed E-state index contributed by atoms with van der Waals surface area (Å²) in [4.78, 5) is 12.2. The van der Waals surface area contributed by atoms with Crippen LogP contribution in [0.25, 0.3) is 0 Å². The first-order valence-corrected chi connectivity index (χ1v) is 8.11. The average Bonchev–Trinajstić information content (AvgIpc) is 2.40. The molecule has 110 valence electrons. The molecule has 2 fully saturated rings. The van der Waals surface area contributed by atoms with Crippen LogP contribution in [0.15, 0.2) is 0 Å². The van der Waals surface area contributed by atoms with Gasteiger partial charge in [-0.2, -0.15) is 0 Å². The molecule has 0 aromatic carbocycles. The lowest BCUT2D eigenvalue weighted by atomic mass is 9.78. The molecular formula is C16H30N2O. The monoisotopic (exact) mass is 266 g/mol. The summed E-state index contributed by atoms with van der Waals surface area (Å²) in [6.07, 6.45) is 8.28. The highest BCUT2D eigenvalue weighted by Crippen LogP contribution is 2.30. The van der Waals surface area contributed by atoms with Gasteiger partial charge in [-0.15, -0.1) is 0 Å². The number of carbonyl (C=O) groups is 1. The molecule has 0 spiro atoms. The van der Waals surface area contributed by atoms with E-state index in [2.05, 4.69) is 19.2 Å². The van der Waals surface area contributed by atoms with Gasteiger partial charge in [-0.25, -0.2) is 0 Å². The Morgan fingerprint density at radius 1 is 1.11 bits per heavy atom. The SMILES string of the molecule is CC1CCC(C(=O)NCC2CCCCC2C)CC1N. The molecule has 0 aliphatic heterocycles. The molecule has 1 amide bonds. The van der Waals surface area contributed by atoms with Gasteiger partial charge in [0.25, 0.3) is 0 Å². The van der Waals surface area contributed by atoms with Crippen LogP contribution in [0.4, 0.5) is 0 Å². The molecule has 3 nitrogen and oxygen atoms in total. The van der Waals surface area contributed by atoms with Gasteiger partial charge in [0, 0.05) is 18.5 Å². The van der Waals surface area contributed by atoms with Crippen LogP contribution in [0.5, 0.6) is 0 Å². The summed E-state index contributed by atoms with van der Waals surface area (Å²) in [5.41, 5.74) is 6.09. The van der Waals surface area contributed by atoms with Gasteiger partial charge in [0.1, 0.15) is 0 Å². The maximum Gasteiger partial charge on any atom is 0.223 e. The first-order valence-electron chi connectivity index (χ1n) is 8.11. The molecule has 3 N–H and O–H groups in total. The molecule has 0 aromatic heterocycles. The Balaban J connectivity index is 1.75. The number of nitrogens with one attached hydrogen (secondary N) is 1. The van der Waals surface area contributed by atoms with Crippen LogP contribution < -0.4 is 11.1 Å². The smallest absolute Gasteiger partial charge is 0.223 e. The Labute approximate surface area is 117 Å². The molecule has 5 unspecified atom stereocenters. The number of amides is 1. The molecule has 0 aromatic rings. The van der Waals surface area contributed by atoms with Crippen molar-refractivity contribution in [2.45, 2.75) is 64.8 Å². The highest BCUT2D eigenvalue weighted by Gasteiger charge is 2.30. The van der Waals surface area contributed by atoms with E-state index in [1.54, 1.807) is 0 Å². The minimum absolute atomic E-state index is 0.157. The van der Waals surface area contributed by atoms with Crippen molar-refractivity contribution in [3.8, 4) is 0 Å². The lowest BCUT2D eigenvalue weighted by Gasteiger charge is -2.32. The van der Waals surface area contributed by atoms with Gasteiger partial charge in [-0.3, -0.25) is 4.79 Å². The first-order chi connectivity index (χ1) is 9.08. The van der Waals surface area contributed by atoms with Gasteiger partial charge in [0.2, 0.25) is 5.91 Å². The topological polar surface area (TPSA) is 55.1 Å². The predicted octanol–water partition coefficient (Wildman–Crippen LogP) is 2.69. The van der Waals surface area contributed by atoms with Crippen molar-refractivity contribution >= 4 is 5.91 Å². The molecule has 0 saturated heterocycles. The van der Waals surface area contributed by atoms with Crippen molar-refractivity contribution in [1.29, 1.82) is 0 Å². The Kier molecular flexibility index (Phi) is 5.26. The largest absolute Gasteiger partial charge is 0.356 e. The van der Waals surface area contributed by atoms with Crippen LogP contribution in [0.1, 0.15) is 58.8 Å². The highest BCUT2D eigenvalue weighted by molar-refractivity contribution is 5.78. The molecular weight excluding hydrogens is 236 g/mol. The third-order valence-corrected chi connectivity index (χ3v) is 5.46. The summed E-state index contributed by atoms with van der Waals surface area (Å²) in [5.74, 6) is 2.43. The van der Waals surface area contributed by atoms with E-state index in [-0.39, 0.29) is 17.9 Å². The van der Waals surface area contributed by atoms with Gasteiger partial charge in [0.15, 0.2) is 0 Å². The maximum atomic E-state index is 12.2. The quantitative estimate of drug-likeness (QED) is 0.825. The fourth-order valence-corrected chi connectivity index (χ4v) is 3.67. The Morgan fingerprint density at radius 2 is 1.84 bits per heavy atom. The van der Waals surface area contributed by atoms with E-state index in [4.69, 9.17) is 5.73 Å². The highest BCUT2D eigenvalue weighted by atomic mass is 16.1. The van der Waals surface area contributed by atoms with E-state index in [0.717, 1.165) is 31.7 Å². The van der Waals surface area contributed by atoms with Crippen LogP contribution in [-0.4, -0.2) is 18.5 Å². The molecule has 2 saturated carbocycles. The number of nitrogens with two attached hydrogens (primary N) is 1. The van der Waals surface area contributed by atoms with Crippen molar-refractivity contribution in [2.24, 2.45) is 29.4 Å². The van der Waals surface area contributed by atoms with Crippen molar-refractivity contribution in [3.63, 3.8) is 0 Å². The van der Waals surface area contributed by atoms with Crippen LogP contribution >= 0.6 is 0 Å². The average molecular weight is 266 g/mol. The molecule has 0 bridgehead atoms. The van der Waals surface area contributed by atoms with Crippen LogP contribution in [0, 0.1) is 23.7 Å². The standard InChI is InChI=1S/C16H30N2O/c1-11-5-3-4-6-14(11)10-18-16(19)13-8-7-12(2)15(17)9-13/h11-15H,3-10,17H2,1-2H3,(H,18,19). The van der Waals surface area contributed by atoms with E-state index in [1.165, 1.54) is 25.7 Å². The fourth-order valence-electron chi connectivity index (χ4n) is 3.67. The second-order valence-corrected chi connectivity index (χ2v) is 6.92. The van der Waals surface area contributed by atoms with Crippen molar-refractivity contribution < 1.29 is 4.79 Å². The van der Waals surface area contributed by atoms with Gasteiger partial charge < -0.3 is 11.1 Å². The first kappa shape index (κ1) is 14.8. The lowest BCUT2D eigenvalue weighted by Crippen LogP contribution is -2.43. The van der Waals surface area contributed by atoms with Crippen molar-refractivity contribution in [3.05, 3.63) is 0 Å². The van der Waals surface area contributed by atoms with Crippen molar-refractivity contribution in [2.75, 3.05) is 6.54 Å². The normalized spacial score (nSPS) is 39.8.